The average molecular weight is 252 g/mol. The molecular formula is C13H24N4O. The zero-order valence-electron chi connectivity index (χ0n) is 11.9. The number of hydrogen-bond acceptors (Lipinski definition) is 3. The lowest BCUT2D eigenvalue weighted by Crippen LogP contribution is -2.42. The van der Waals surface area contributed by atoms with Gasteiger partial charge < -0.3 is 11.1 Å². The van der Waals surface area contributed by atoms with Gasteiger partial charge in [0.05, 0.1) is 11.7 Å². The monoisotopic (exact) mass is 252 g/mol. The molecule has 1 aromatic rings. The number of H-pyrrole nitrogens is 1. The summed E-state index contributed by atoms with van der Waals surface area (Å²) in [6, 6.07) is -0.461. The summed E-state index contributed by atoms with van der Waals surface area (Å²) in [7, 11) is 0. The van der Waals surface area contributed by atoms with Crippen LogP contribution in [0.2, 0.25) is 0 Å². The minimum Gasteiger partial charge on any atom is -0.351 e. The molecule has 1 rings (SSSR count). The van der Waals surface area contributed by atoms with Crippen molar-refractivity contribution in [3.8, 4) is 0 Å². The van der Waals surface area contributed by atoms with Gasteiger partial charge in [-0.2, -0.15) is 5.10 Å². The van der Waals surface area contributed by atoms with Gasteiger partial charge in [-0.25, -0.2) is 0 Å². The van der Waals surface area contributed by atoms with Crippen LogP contribution in [0.5, 0.6) is 0 Å². The first-order chi connectivity index (χ1) is 8.20. The van der Waals surface area contributed by atoms with Crippen LogP contribution in [0.1, 0.15) is 44.1 Å². The molecule has 1 atom stereocenters. The molecule has 1 amide bonds. The summed E-state index contributed by atoms with van der Waals surface area (Å²) in [6.07, 6.45) is 0.669. The lowest BCUT2D eigenvalue weighted by atomic mass is 9.88. The van der Waals surface area contributed by atoms with Gasteiger partial charge in [0, 0.05) is 17.8 Å². The molecule has 0 aliphatic rings. The predicted molar refractivity (Wildman–Crippen MR) is 72.0 cm³/mol. The lowest BCUT2D eigenvalue weighted by Gasteiger charge is -2.22. The Balaban J connectivity index is 2.51. The highest BCUT2D eigenvalue weighted by Gasteiger charge is 2.21. The summed E-state index contributed by atoms with van der Waals surface area (Å²) in [5.41, 5.74) is 8.87. The third kappa shape index (κ3) is 4.14. The molecule has 1 aromatic heterocycles. The predicted octanol–water partition coefficient (Wildman–Crippen LogP) is 1.41. The van der Waals surface area contributed by atoms with Crippen molar-refractivity contribution in [2.24, 2.45) is 11.1 Å². The largest absolute Gasteiger partial charge is 0.351 e. The van der Waals surface area contributed by atoms with E-state index >= 15 is 0 Å². The molecule has 5 nitrogen and oxygen atoms in total. The fraction of sp³-hybridized carbons (Fsp3) is 0.692. The minimum atomic E-state index is -0.461. The zero-order chi connectivity index (χ0) is 13.9. The maximum atomic E-state index is 11.9. The lowest BCUT2D eigenvalue weighted by molar-refractivity contribution is -0.123. The number of nitrogens with one attached hydrogen (secondary N) is 2. The van der Waals surface area contributed by atoms with Crippen LogP contribution in [0.3, 0.4) is 0 Å². The van der Waals surface area contributed by atoms with Crippen LogP contribution in [0.25, 0.3) is 0 Å². The van der Waals surface area contributed by atoms with Crippen LogP contribution in [-0.4, -0.2) is 22.1 Å². The van der Waals surface area contributed by atoms with Crippen molar-refractivity contribution in [2.45, 2.75) is 53.6 Å². The summed E-state index contributed by atoms with van der Waals surface area (Å²) in [5.74, 6) is -0.107. The van der Waals surface area contributed by atoms with E-state index < -0.39 is 6.04 Å². The highest BCUT2D eigenvalue weighted by molar-refractivity contribution is 5.81. The number of aromatic nitrogens is 2. The number of carbonyl (C=O) groups is 1. The Bertz CT molecular complexity index is 398. The zero-order valence-corrected chi connectivity index (χ0v) is 11.9. The topological polar surface area (TPSA) is 83.8 Å². The van der Waals surface area contributed by atoms with Gasteiger partial charge in [-0.15, -0.1) is 0 Å². The number of nitrogens with zero attached hydrogens (tertiary/aromatic N) is 1. The van der Waals surface area contributed by atoms with Crippen molar-refractivity contribution in [1.29, 1.82) is 0 Å². The molecule has 0 bridgehead atoms. The molecule has 0 saturated heterocycles. The third-order valence-electron chi connectivity index (χ3n) is 2.89. The second-order valence-corrected chi connectivity index (χ2v) is 6.00. The normalized spacial score (nSPS) is 13.4. The van der Waals surface area contributed by atoms with Crippen LogP contribution >= 0.6 is 0 Å². The van der Waals surface area contributed by atoms with Gasteiger partial charge in [0.1, 0.15) is 0 Å². The van der Waals surface area contributed by atoms with Gasteiger partial charge in [-0.3, -0.25) is 9.89 Å². The molecule has 102 valence electrons. The smallest absolute Gasteiger partial charge is 0.237 e. The summed E-state index contributed by atoms with van der Waals surface area (Å²) in [5, 5.41) is 9.85. The van der Waals surface area contributed by atoms with E-state index in [-0.39, 0.29) is 11.3 Å². The molecule has 1 heterocycles. The van der Waals surface area contributed by atoms with Crippen molar-refractivity contribution >= 4 is 5.91 Å². The van der Waals surface area contributed by atoms with Crippen molar-refractivity contribution in [3.63, 3.8) is 0 Å². The van der Waals surface area contributed by atoms with E-state index in [4.69, 9.17) is 5.73 Å². The molecule has 0 aliphatic heterocycles. The molecular weight excluding hydrogens is 228 g/mol. The fourth-order valence-corrected chi connectivity index (χ4v) is 1.89. The Morgan fingerprint density at radius 3 is 2.50 bits per heavy atom. The maximum Gasteiger partial charge on any atom is 0.237 e. The van der Waals surface area contributed by atoms with Gasteiger partial charge in [0.25, 0.3) is 0 Å². The van der Waals surface area contributed by atoms with E-state index in [1.165, 1.54) is 0 Å². The molecule has 0 fully saturated rings. The summed E-state index contributed by atoms with van der Waals surface area (Å²) < 4.78 is 0. The average Bonchev–Trinajstić information content (AvgIpc) is 2.53. The second kappa shape index (κ2) is 5.52. The Kier molecular flexibility index (Phi) is 4.51. The number of aromatic amines is 1. The van der Waals surface area contributed by atoms with Crippen LogP contribution < -0.4 is 11.1 Å². The Hall–Kier alpha value is -1.36. The van der Waals surface area contributed by atoms with Gasteiger partial charge in [-0.05, 0) is 25.7 Å². The number of aryl methyl sites for hydroxylation is 2. The summed E-state index contributed by atoms with van der Waals surface area (Å²) in [6.45, 7) is 10.6. The minimum absolute atomic E-state index is 0.0538. The molecule has 0 saturated carbocycles. The van der Waals surface area contributed by atoms with Crippen molar-refractivity contribution in [3.05, 3.63) is 17.0 Å². The van der Waals surface area contributed by atoms with Gasteiger partial charge >= 0.3 is 0 Å². The highest BCUT2D eigenvalue weighted by Crippen LogP contribution is 2.20. The van der Waals surface area contributed by atoms with Crippen molar-refractivity contribution < 1.29 is 4.79 Å². The molecule has 0 aliphatic carbocycles. The molecule has 18 heavy (non-hydrogen) atoms. The molecule has 0 radical (unpaired) electrons. The number of hydrogen-bond donors (Lipinski definition) is 3. The molecule has 0 spiro atoms. The summed E-state index contributed by atoms with van der Waals surface area (Å²) >= 11 is 0. The molecule has 0 unspecified atom stereocenters. The van der Waals surface area contributed by atoms with Gasteiger partial charge in [-0.1, -0.05) is 20.8 Å². The number of nitrogens with two attached hydrogens (primary N) is 1. The first-order valence-electron chi connectivity index (χ1n) is 6.24. The SMILES string of the molecule is Cc1n[nH]c(C)c1CNC(=O)[C@H](N)CC(C)(C)C. The fourth-order valence-electron chi connectivity index (χ4n) is 1.89. The highest BCUT2D eigenvalue weighted by atomic mass is 16.2. The third-order valence-corrected chi connectivity index (χ3v) is 2.89. The van der Waals surface area contributed by atoms with E-state index in [1.807, 2.05) is 13.8 Å². The Morgan fingerprint density at radius 1 is 1.44 bits per heavy atom. The van der Waals surface area contributed by atoms with Gasteiger partial charge in [0.15, 0.2) is 0 Å². The Labute approximate surface area is 109 Å². The van der Waals surface area contributed by atoms with Crippen LogP contribution in [0, 0.1) is 19.3 Å². The molecule has 4 N–H and O–H groups in total. The van der Waals surface area contributed by atoms with E-state index in [2.05, 4.69) is 36.3 Å². The van der Waals surface area contributed by atoms with E-state index in [0.29, 0.717) is 13.0 Å². The molecule has 5 heteroatoms. The van der Waals surface area contributed by atoms with Crippen LogP contribution in [0.4, 0.5) is 0 Å². The number of amides is 1. The van der Waals surface area contributed by atoms with E-state index in [0.717, 1.165) is 17.0 Å². The van der Waals surface area contributed by atoms with Crippen LogP contribution in [-0.2, 0) is 11.3 Å². The van der Waals surface area contributed by atoms with Crippen molar-refractivity contribution in [2.75, 3.05) is 0 Å². The Morgan fingerprint density at radius 2 is 2.06 bits per heavy atom. The second-order valence-electron chi connectivity index (χ2n) is 6.00. The summed E-state index contributed by atoms with van der Waals surface area (Å²) in [4.78, 5) is 11.9. The van der Waals surface area contributed by atoms with E-state index in [9.17, 15) is 4.79 Å². The maximum absolute atomic E-state index is 11.9. The first-order valence-corrected chi connectivity index (χ1v) is 6.24. The number of rotatable bonds is 4. The first kappa shape index (κ1) is 14.7. The van der Waals surface area contributed by atoms with Crippen LogP contribution in [0.15, 0.2) is 0 Å². The molecule has 0 aromatic carbocycles. The van der Waals surface area contributed by atoms with Crippen molar-refractivity contribution in [1.82, 2.24) is 15.5 Å². The van der Waals surface area contributed by atoms with E-state index in [1.54, 1.807) is 0 Å². The standard InChI is InChI=1S/C13H24N4O/c1-8-10(9(2)17-16-8)7-15-12(18)11(14)6-13(3,4)5/h11H,6-7,14H2,1-5H3,(H,15,18)(H,16,17)/t11-/m1/s1. The number of carbonyl (C=O) groups excluding carboxylic acids is 1. The quantitative estimate of drug-likeness (QED) is 0.757. The van der Waals surface area contributed by atoms with Gasteiger partial charge in [0.2, 0.25) is 5.91 Å².